The summed E-state index contributed by atoms with van der Waals surface area (Å²) in [5, 5.41) is 0. The van der Waals surface area contributed by atoms with Gasteiger partial charge in [0.15, 0.2) is 0 Å². The van der Waals surface area contributed by atoms with E-state index >= 15 is 0 Å². The van der Waals surface area contributed by atoms with E-state index in [4.69, 9.17) is 11.5 Å². The normalized spacial score (nSPS) is 20.5. The number of nitrogens with two attached hydrogens (primary N) is 2. The van der Waals surface area contributed by atoms with Crippen LogP contribution in [0.2, 0.25) is 0 Å². The van der Waals surface area contributed by atoms with Crippen molar-refractivity contribution in [2.24, 2.45) is 11.7 Å². The van der Waals surface area contributed by atoms with Crippen LogP contribution < -0.4 is 16.4 Å². The van der Waals surface area contributed by atoms with Gasteiger partial charge in [0.25, 0.3) is 0 Å². The highest BCUT2D eigenvalue weighted by atomic mass is 16.1. The van der Waals surface area contributed by atoms with Gasteiger partial charge in [-0.1, -0.05) is 0 Å². The first-order valence-corrected chi connectivity index (χ1v) is 4.78. The Labute approximate surface area is 87.3 Å². The lowest BCUT2D eigenvalue weighted by Gasteiger charge is -2.14. The van der Waals surface area contributed by atoms with Crippen molar-refractivity contribution >= 4 is 17.5 Å². The molecule has 1 saturated heterocycles. The number of anilines is 2. The van der Waals surface area contributed by atoms with Crippen molar-refractivity contribution in [1.29, 1.82) is 0 Å². The molecule has 1 atom stereocenters. The van der Waals surface area contributed by atoms with Crippen molar-refractivity contribution in [3.05, 3.63) is 12.4 Å². The lowest BCUT2D eigenvalue weighted by Crippen LogP contribution is -2.28. The van der Waals surface area contributed by atoms with E-state index < -0.39 is 0 Å². The number of nitrogen functional groups attached to an aromatic ring is 1. The summed E-state index contributed by atoms with van der Waals surface area (Å²) in [5.74, 6) is 0.257. The van der Waals surface area contributed by atoms with Crippen LogP contribution in [0.4, 0.5) is 11.6 Å². The van der Waals surface area contributed by atoms with Crippen LogP contribution in [0.15, 0.2) is 12.4 Å². The Hall–Kier alpha value is -1.85. The molecular weight excluding hydrogens is 194 g/mol. The van der Waals surface area contributed by atoms with Gasteiger partial charge in [-0.3, -0.25) is 4.79 Å². The van der Waals surface area contributed by atoms with E-state index in [0.717, 1.165) is 13.0 Å². The van der Waals surface area contributed by atoms with Crippen molar-refractivity contribution in [3.8, 4) is 0 Å². The number of primary amides is 1. The van der Waals surface area contributed by atoms with E-state index in [9.17, 15) is 4.79 Å². The number of hydrogen-bond acceptors (Lipinski definition) is 5. The Morgan fingerprint density at radius 1 is 1.47 bits per heavy atom. The molecule has 0 bridgehead atoms. The van der Waals surface area contributed by atoms with Gasteiger partial charge < -0.3 is 16.4 Å². The van der Waals surface area contributed by atoms with Crippen LogP contribution >= 0.6 is 0 Å². The van der Waals surface area contributed by atoms with Gasteiger partial charge in [0.2, 0.25) is 11.9 Å². The fourth-order valence-electron chi connectivity index (χ4n) is 1.67. The fourth-order valence-corrected chi connectivity index (χ4v) is 1.67. The summed E-state index contributed by atoms with van der Waals surface area (Å²) in [7, 11) is 0. The molecule has 15 heavy (non-hydrogen) atoms. The summed E-state index contributed by atoms with van der Waals surface area (Å²) in [6, 6.07) is 0. The van der Waals surface area contributed by atoms with Crippen molar-refractivity contribution in [1.82, 2.24) is 9.97 Å². The number of aromatic nitrogens is 2. The summed E-state index contributed by atoms with van der Waals surface area (Å²) in [5.41, 5.74) is 11.3. The Morgan fingerprint density at radius 3 is 2.67 bits per heavy atom. The minimum atomic E-state index is -0.257. The Kier molecular flexibility index (Phi) is 2.40. The highest BCUT2D eigenvalue weighted by Gasteiger charge is 2.27. The lowest BCUT2D eigenvalue weighted by atomic mass is 10.1. The lowest BCUT2D eigenvalue weighted by molar-refractivity contribution is -0.121. The van der Waals surface area contributed by atoms with Crippen LogP contribution in [0, 0.1) is 5.92 Å². The van der Waals surface area contributed by atoms with E-state index in [1.165, 1.54) is 0 Å². The fraction of sp³-hybridized carbons (Fsp3) is 0.444. The summed E-state index contributed by atoms with van der Waals surface area (Å²) < 4.78 is 0. The molecule has 1 aliphatic rings. The van der Waals surface area contributed by atoms with Gasteiger partial charge in [-0.2, -0.15) is 0 Å². The third-order valence-corrected chi connectivity index (χ3v) is 2.53. The molecule has 0 radical (unpaired) electrons. The topological polar surface area (TPSA) is 98.1 Å². The van der Waals surface area contributed by atoms with Crippen molar-refractivity contribution in [3.63, 3.8) is 0 Å². The zero-order chi connectivity index (χ0) is 10.8. The quantitative estimate of drug-likeness (QED) is 0.672. The number of nitrogens with zero attached hydrogens (tertiary/aromatic N) is 3. The van der Waals surface area contributed by atoms with Gasteiger partial charge in [-0.25, -0.2) is 9.97 Å². The van der Waals surface area contributed by atoms with Crippen molar-refractivity contribution in [2.45, 2.75) is 6.42 Å². The molecule has 1 aromatic heterocycles. The van der Waals surface area contributed by atoms with Crippen molar-refractivity contribution < 1.29 is 4.79 Å². The summed E-state index contributed by atoms with van der Waals surface area (Å²) in [4.78, 5) is 21.1. The second-order valence-corrected chi connectivity index (χ2v) is 3.65. The molecule has 0 spiro atoms. The number of rotatable bonds is 2. The Bertz CT molecular complexity index is 363. The Balaban J connectivity index is 2.07. The minimum absolute atomic E-state index is 0.0915. The second kappa shape index (κ2) is 3.72. The molecule has 6 heteroatoms. The molecule has 2 heterocycles. The first-order valence-electron chi connectivity index (χ1n) is 4.78. The first-order chi connectivity index (χ1) is 7.16. The van der Waals surface area contributed by atoms with Crippen LogP contribution in [0.3, 0.4) is 0 Å². The van der Waals surface area contributed by atoms with E-state index in [2.05, 4.69) is 9.97 Å². The molecule has 0 aromatic carbocycles. The van der Waals surface area contributed by atoms with Gasteiger partial charge in [0.05, 0.1) is 24.0 Å². The molecule has 1 amide bonds. The molecule has 1 unspecified atom stereocenters. The third kappa shape index (κ3) is 1.98. The number of carbonyl (C=O) groups is 1. The average Bonchev–Trinajstić information content (AvgIpc) is 2.68. The average molecular weight is 207 g/mol. The van der Waals surface area contributed by atoms with Crippen LogP contribution in [0.5, 0.6) is 0 Å². The van der Waals surface area contributed by atoms with Crippen LogP contribution in [-0.2, 0) is 4.79 Å². The summed E-state index contributed by atoms with van der Waals surface area (Å²) >= 11 is 0. The molecule has 6 nitrogen and oxygen atoms in total. The second-order valence-electron chi connectivity index (χ2n) is 3.65. The molecule has 1 aliphatic heterocycles. The Morgan fingerprint density at radius 2 is 2.13 bits per heavy atom. The van der Waals surface area contributed by atoms with Gasteiger partial charge >= 0.3 is 0 Å². The predicted octanol–water partition coefficient (Wildman–Crippen LogP) is -0.630. The molecule has 0 aliphatic carbocycles. The van der Waals surface area contributed by atoms with Crippen LogP contribution in [-0.4, -0.2) is 29.0 Å². The summed E-state index contributed by atoms with van der Waals surface area (Å²) in [6.45, 7) is 1.36. The predicted molar refractivity (Wildman–Crippen MR) is 56.0 cm³/mol. The largest absolute Gasteiger partial charge is 0.396 e. The minimum Gasteiger partial charge on any atom is -0.396 e. The molecule has 2 rings (SSSR count). The van der Waals surface area contributed by atoms with E-state index in [-0.39, 0.29) is 11.8 Å². The maximum Gasteiger partial charge on any atom is 0.225 e. The van der Waals surface area contributed by atoms with E-state index in [0.29, 0.717) is 18.2 Å². The van der Waals surface area contributed by atoms with Gasteiger partial charge in [0.1, 0.15) is 0 Å². The molecular formula is C9H13N5O. The molecule has 4 N–H and O–H groups in total. The molecule has 80 valence electrons. The third-order valence-electron chi connectivity index (χ3n) is 2.53. The standard InChI is InChI=1S/C9H13N5O/c10-7-3-12-9(13-4-7)14-2-1-6(5-14)8(11)15/h3-4,6H,1-2,5,10H2,(H2,11,15). The number of amides is 1. The van der Waals surface area contributed by atoms with Crippen molar-refractivity contribution in [2.75, 3.05) is 23.7 Å². The maximum absolute atomic E-state index is 11.0. The molecule has 1 aromatic rings. The monoisotopic (exact) mass is 207 g/mol. The first kappa shape index (κ1) is 9.70. The van der Waals surface area contributed by atoms with Crippen LogP contribution in [0.1, 0.15) is 6.42 Å². The van der Waals surface area contributed by atoms with Crippen LogP contribution in [0.25, 0.3) is 0 Å². The number of hydrogen-bond donors (Lipinski definition) is 2. The smallest absolute Gasteiger partial charge is 0.225 e. The molecule has 1 fully saturated rings. The SMILES string of the molecule is NC(=O)C1CCN(c2ncc(N)cn2)C1. The maximum atomic E-state index is 11.0. The molecule has 0 saturated carbocycles. The zero-order valence-corrected chi connectivity index (χ0v) is 8.26. The number of carbonyl (C=O) groups excluding carboxylic acids is 1. The van der Waals surface area contributed by atoms with E-state index in [1.54, 1.807) is 12.4 Å². The summed E-state index contributed by atoms with van der Waals surface area (Å²) in [6.07, 6.45) is 3.88. The van der Waals surface area contributed by atoms with Gasteiger partial charge in [-0.05, 0) is 6.42 Å². The van der Waals surface area contributed by atoms with Gasteiger partial charge in [0, 0.05) is 13.1 Å². The highest BCUT2D eigenvalue weighted by Crippen LogP contribution is 2.20. The van der Waals surface area contributed by atoms with Gasteiger partial charge in [-0.15, -0.1) is 0 Å². The highest BCUT2D eigenvalue weighted by molar-refractivity contribution is 5.78. The van der Waals surface area contributed by atoms with E-state index in [1.807, 2.05) is 4.90 Å². The zero-order valence-electron chi connectivity index (χ0n) is 8.26.